The van der Waals surface area contributed by atoms with Gasteiger partial charge in [-0.3, -0.25) is 4.79 Å². The molecule has 0 saturated carbocycles. The molecular formula is C18H19NO4S. The molecule has 0 radical (unpaired) electrons. The monoisotopic (exact) mass is 345 g/mol. The lowest BCUT2D eigenvalue weighted by molar-refractivity contribution is 0.0531. The van der Waals surface area contributed by atoms with Crippen LogP contribution in [-0.2, 0) is 11.2 Å². The van der Waals surface area contributed by atoms with Crippen LogP contribution in [0.1, 0.15) is 38.9 Å². The minimum Gasteiger partial charge on any atom is -0.463 e. The zero-order chi connectivity index (χ0) is 17.3. The van der Waals surface area contributed by atoms with Crippen molar-refractivity contribution in [1.29, 1.82) is 0 Å². The number of allylic oxidation sites excluding steroid dienone is 1. The Kier molecular flexibility index (Phi) is 4.57. The van der Waals surface area contributed by atoms with Crippen LogP contribution in [0, 0.1) is 0 Å². The zero-order valence-electron chi connectivity index (χ0n) is 13.9. The van der Waals surface area contributed by atoms with Crippen molar-refractivity contribution in [2.75, 3.05) is 20.7 Å². The molecule has 0 aromatic carbocycles. The fourth-order valence-electron chi connectivity index (χ4n) is 2.86. The van der Waals surface area contributed by atoms with Crippen molar-refractivity contribution >= 4 is 23.1 Å². The number of nitrogens with zero attached hydrogens (tertiary/aromatic N) is 1. The van der Waals surface area contributed by atoms with E-state index in [1.807, 2.05) is 25.2 Å². The lowest BCUT2D eigenvalue weighted by atomic mass is 9.87. The van der Waals surface area contributed by atoms with Gasteiger partial charge in [-0.25, -0.2) is 4.79 Å². The molecule has 0 amide bonds. The number of hydrogen-bond donors (Lipinski definition) is 0. The molecule has 0 saturated heterocycles. The molecule has 2 aromatic rings. The van der Waals surface area contributed by atoms with Crippen LogP contribution >= 0.6 is 11.3 Å². The van der Waals surface area contributed by atoms with Gasteiger partial charge in [-0.05, 0) is 37.5 Å². The number of fused-ring (bicyclic) bond motifs is 1. The fourth-order valence-corrected chi connectivity index (χ4v) is 4.06. The summed E-state index contributed by atoms with van der Waals surface area (Å²) in [5.41, 5.74) is 2.11. The number of thiophene rings is 1. The van der Waals surface area contributed by atoms with Gasteiger partial charge in [0.05, 0.1) is 17.7 Å². The Bertz CT molecular complexity index is 799. The lowest BCUT2D eigenvalue weighted by Gasteiger charge is -2.18. The quantitative estimate of drug-likeness (QED) is 0.624. The van der Waals surface area contributed by atoms with Gasteiger partial charge in [-0.1, -0.05) is 0 Å². The molecule has 0 atom stereocenters. The van der Waals surface area contributed by atoms with E-state index in [0.717, 1.165) is 11.1 Å². The molecule has 2 aromatic heterocycles. The average molecular weight is 345 g/mol. The first-order chi connectivity index (χ1) is 11.5. The molecule has 1 aliphatic rings. The third-order valence-corrected chi connectivity index (χ3v) is 5.02. The highest BCUT2D eigenvalue weighted by atomic mass is 32.1. The Hall–Kier alpha value is -2.34. The summed E-state index contributed by atoms with van der Waals surface area (Å²) in [4.78, 5) is 28.3. The summed E-state index contributed by atoms with van der Waals surface area (Å²) >= 11 is 1.28. The average Bonchev–Trinajstić information content (AvgIpc) is 3.17. The molecule has 1 aliphatic carbocycles. The third-order valence-electron chi connectivity index (χ3n) is 3.79. The number of furan rings is 1. The van der Waals surface area contributed by atoms with Crippen molar-refractivity contribution in [2.45, 2.75) is 19.8 Å². The number of rotatable bonds is 4. The van der Waals surface area contributed by atoms with E-state index in [2.05, 4.69) is 0 Å². The van der Waals surface area contributed by atoms with Crippen LogP contribution in [-0.4, -0.2) is 37.4 Å². The van der Waals surface area contributed by atoms with E-state index >= 15 is 0 Å². The van der Waals surface area contributed by atoms with Crippen LogP contribution in [0.15, 0.2) is 34.6 Å². The van der Waals surface area contributed by atoms with Crippen molar-refractivity contribution in [2.24, 2.45) is 0 Å². The Morgan fingerprint density at radius 2 is 2.21 bits per heavy atom. The summed E-state index contributed by atoms with van der Waals surface area (Å²) in [5, 5.41) is 0. The fraction of sp³-hybridized carbons (Fsp3) is 0.333. The van der Waals surface area contributed by atoms with Crippen LogP contribution in [0.4, 0.5) is 0 Å². The Labute approximate surface area is 144 Å². The highest BCUT2D eigenvalue weighted by Gasteiger charge is 2.33. The smallest absolute Gasteiger partial charge is 0.348 e. The lowest BCUT2D eigenvalue weighted by Crippen LogP contribution is -2.18. The van der Waals surface area contributed by atoms with Crippen molar-refractivity contribution in [3.63, 3.8) is 0 Å². The summed E-state index contributed by atoms with van der Waals surface area (Å²) in [7, 11) is 3.78. The van der Waals surface area contributed by atoms with E-state index in [4.69, 9.17) is 9.15 Å². The Balaban J connectivity index is 2.15. The predicted molar refractivity (Wildman–Crippen MR) is 92.4 cm³/mol. The number of ether oxygens (including phenoxy) is 1. The molecule has 6 heteroatoms. The number of esters is 1. The molecule has 0 fully saturated rings. The summed E-state index contributed by atoms with van der Waals surface area (Å²) in [6, 6.07) is 3.58. The third kappa shape index (κ3) is 2.89. The minimum absolute atomic E-state index is 0.0388. The molecule has 0 bridgehead atoms. The van der Waals surface area contributed by atoms with E-state index in [1.54, 1.807) is 25.3 Å². The number of carbonyl (C=O) groups is 2. The standard InChI is InChI=1S/C18H19NO4S/c1-4-22-18(21)16-12-8-7-11(10-19(2)3)15(20)14(12)17(24-16)13-6-5-9-23-13/h5-6,9-10H,4,7-8H2,1-3H3/b11-10+. The van der Waals surface area contributed by atoms with Gasteiger partial charge in [0.15, 0.2) is 5.78 Å². The van der Waals surface area contributed by atoms with Crippen molar-refractivity contribution in [1.82, 2.24) is 4.90 Å². The molecule has 126 valence electrons. The molecule has 0 aliphatic heterocycles. The van der Waals surface area contributed by atoms with Gasteiger partial charge >= 0.3 is 5.97 Å². The molecule has 0 unspecified atom stereocenters. The first kappa shape index (κ1) is 16.5. The molecule has 2 heterocycles. The molecular weight excluding hydrogens is 326 g/mol. The predicted octanol–water partition coefficient (Wildman–Crippen LogP) is 3.76. The molecule has 0 spiro atoms. The SMILES string of the molecule is CCOC(=O)c1sc(-c2ccco2)c2c1CC/C(=C\N(C)C)C2=O. The largest absolute Gasteiger partial charge is 0.463 e. The van der Waals surface area contributed by atoms with Gasteiger partial charge < -0.3 is 14.1 Å². The van der Waals surface area contributed by atoms with Crippen LogP contribution in [0.3, 0.4) is 0 Å². The molecule has 24 heavy (non-hydrogen) atoms. The maximum atomic E-state index is 13.0. The van der Waals surface area contributed by atoms with Gasteiger partial charge in [0, 0.05) is 31.4 Å². The van der Waals surface area contributed by atoms with E-state index in [-0.39, 0.29) is 11.8 Å². The van der Waals surface area contributed by atoms with Crippen molar-refractivity contribution in [3.05, 3.63) is 46.2 Å². The van der Waals surface area contributed by atoms with Crippen LogP contribution in [0.5, 0.6) is 0 Å². The van der Waals surface area contributed by atoms with Crippen LogP contribution in [0.25, 0.3) is 10.6 Å². The van der Waals surface area contributed by atoms with E-state index in [9.17, 15) is 9.59 Å². The maximum Gasteiger partial charge on any atom is 0.348 e. The van der Waals surface area contributed by atoms with Gasteiger partial charge in [-0.2, -0.15) is 0 Å². The number of ketones is 1. The highest BCUT2D eigenvalue weighted by molar-refractivity contribution is 7.18. The second-order valence-electron chi connectivity index (χ2n) is 5.76. The maximum absolute atomic E-state index is 13.0. The van der Waals surface area contributed by atoms with Gasteiger partial charge in [-0.15, -0.1) is 11.3 Å². The van der Waals surface area contributed by atoms with Crippen LogP contribution in [0.2, 0.25) is 0 Å². The number of Topliss-reactive ketones (excluding diaryl/α,β-unsaturated/α-hetero) is 1. The summed E-state index contributed by atoms with van der Waals surface area (Å²) < 4.78 is 10.6. The van der Waals surface area contributed by atoms with E-state index in [1.165, 1.54) is 11.3 Å². The van der Waals surface area contributed by atoms with E-state index in [0.29, 0.717) is 40.5 Å². The van der Waals surface area contributed by atoms with Gasteiger partial charge in [0.25, 0.3) is 0 Å². The first-order valence-corrected chi connectivity index (χ1v) is 8.63. The van der Waals surface area contributed by atoms with Gasteiger partial charge in [0.1, 0.15) is 10.6 Å². The highest BCUT2D eigenvalue weighted by Crippen LogP contribution is 2.42. The van der Waals surface area contributed by atoms with Gasteiger partial charge in [0.2, 0.25) is 0 Å². The second-order valence-corrected chi connectivity index (χ2v) is 6.78. The normalized spacial score (nSPS) is 15.5. The number of carbonyl (C=O) groups excluding carboxylic acids is 2. The van der Waals surface area contributed by atoms with E-state index < -0.39 is 0 Å². The topological polar surface area (TPSA) is 59.8 Å². The molecule has 3 rings (SSSR count). The number of hydrogen-bond acceptors (Lipinski definition) is 6. The Morgan fingerprint density at radius 1 is 1.42 bits per heavy atom. The summed E-state index contributed by atoms with van der Waals surface area (Å²) in [6.45, 7) is 2.08. The van der Waals surface area contributed by atoms with Crippen molar-refractivity contribution in [3.8, 4) is 10.6 Å². The van der Waals surface area contributed by atoms with Crippen molar-refractivity contribution < 1.29 is 18.7 Å². The second kappa shape index (κ2) is 6.65. The first-order valence-electron chi connectivity index (χ1n) is 7.81. The molecule has 5 nitrogen and oxygen atoms in total. The molecule has 0 N–H and O–H groups in total. The summed E-state index contributed by atoms with van der Waals surface area (Å²) in [6.07, 6.45) is 4.67. The zero-order valence-corrected chi connectivity index (χ0v) is 14.7. The Morgan fingerprint density at radius 3 is 2.83 bits per heavy atom. The minimum atomic E-state index is -0.371. The summed E-state index contributed by atoms with van der Waals surface area (Å²) in [5.74, 6) is 0.193. The van der Waals surface area contributed by atoms with Crippen LogP contribution < -0.4 is 0 Å².